The van der Waals surface area contributed by atoms with Gasteiger partial charge in [-0.15, -0.1) is 0 Å². The molecule has 3 rings (SSSR count). The molecule has 1 aromatic heterocycles. The lowest BCUT2D eigenvalue weighted by atomic mass is 9.97. The van der Waals surface area contributed by atoms with E-state index in [0.717, 1.165) is 6.54 Å². The standard InChI is InChI=1S/C17H27N3/c1-14-9-16(11-18-10-14)12-20-13-17(6-3-4-7-17)19-8-5-15(20)2/h9-11,15,19H,3-8,12-13H2,1-2H3. The maximum Gasteiger partial charge on any atom is 0.0313 e. The average Bonchev–Trinajstić information content (AvgIpc) is 2.80. The van der Waals surface area contributed by atoms with Crippen LogP contribution in [0.3, 0.4) is 0 Å². The van der Waals surface area contributed by atoms with Crippen molar-refractivity contribution in [2.75, 3.05) is 13.1 Å². The van der Waals surface area contributed by atoms with Gasteiger partial charge in [0.05, 0.1) is 0 Å². The molecule has 3 nitrogen and oxygen atoms in total. The van der Waals surface area contributed by atoms with E-state index in [1.807, 2.05) is 12.4 Å². The Bertz CT molecular complexity index is 451. The Morgan fingerprint density at radius 2 is 2.15 bits per heavy atom. The molecule has 0 amide bonds. The fourth-order valence-corrected chi connectivity index (χ4v) is 3.87. The summed E-state index contributed by atoms with van der Waals surface area (Å²) in [4.78, 5) is 7.01. The molecule has 20 heavy (non-hydrogen) atoms. The molecule has 1 aliphatic heterocycles. The molecule has 0 radical (unpaired) electrons. The predicted molar refractivity (Wildman–Crippen MR) is 82.7 cm³/mol. The second kappa shape index (κ2) is 5.82. The highest BCUT2D eigenvalue weighted by Gasteiger charge is 2.37. The summed E-state index contributed by atoms with van der Waals surface area (Å²) in [5, 5.41) is 3.86. The molecule has 0 aromatic carbocycles. The Kier molecular flexibility index (Phi) is 4.08. The molecular formula is C17H27N3. The SMILES string of the molecule is Cc1cncc(CN2CC3(CCCC3)NCCC2C)c1. The number of nitrogens with zero attached hydrogens (tertiary/aromatic N) is 2. The number of nitrogens with one attached hydrogen (secondary N) is 1. The zero-order chi connectivity index (χ0) is 14.0. The van der Waals surface area contributed by atoms with Crippen LogP contribution in [-0.4, -0.2) is 34.6 Å². The van der Waals surface area contributed by atoms with Crippen LogP contribution >= 0.6 is 0 Å². The van der Waals surface area contributed by atoms with Crippen LogP contribution in [0.15, 0.2) is 18.5 Å². The van der Waals surface area contributed by atoms with E-state index in [0.29, 0.717) is 11.6 Å². The zero-order valence-electron chi connectivity index (χ0n) is 12.9. The zero-order valence-corrected chi connectivity index (χ0v) is 12.9. The van der Waals surface area contributed by atoms with Crippen LogP contribution in [0.2, 0.25) is 0 Å². The summed E-state index contributed by atoms with van der Waals surface area (Å²) in [6.07, 6.45) is 10.7. The summed E-state index contributed by atoms with van der Waals surface area (Å²) in [7, 11) is 0. The van der Waals surface area contributed by atoms with Gasteiger partial charge in [-0.25, -0.2) is 0 Å². The molecule has 2 aliphatic rings. The molecule has 1 saturated heterocycles. The van der Waals surface area contributed by atoms with E-state index < -0.39 is 0 Å². The van der Waals surface area contributed by atoms with E-state index in [9.17, 15) is 0 Å². The Hall–Kier alpha value is -0.930. The minimum Gasteiger partial charge on any atom is -0.310 e. The summed E-state index contributed by atoms with van der Waals surface area (Å²) in [6.45, 7) is 7.91. The van der Waals surface area contributed by atoms with Crippen molar-refractivity contribution in [3.63, 3.8) is 0 Å². The van der Waals surface area contributed by atoms with Crippen molar-refractivity contribution in [1.29, 1.82) is 0 Å². The fourth-order valence-electron chi connectivity index (χ4n) is 3.87. The highest BCUT2D eigenvalue weighted by Crippen LogP contribution is 2.33. The quantitative estimate of drug-likeness (QED) is 0.898. The molecule has 1 aromatic rings. The molecule has 1 unspecified atom stereocenters. The number of rotatable bonds is 2. The largest absolute Gasteiger partial charge is 0.310 e. The highest BCUT2D eigenvalue weighted by atomic mass is 15.2. The van der Waals surface area contributed by atoms with Crippen molar-refractivity contribution < 1.29 is 0 Å². The van der Waals surface area contributed by atoms with Crippen LogP contribution in [0.25, 0.3) is 0 Å². The van der Waals surface area contributed by atoms with Gasteiger partial charge in [0.25, 0.3) is 0 Å². The van der Waals surface area contributed by atoms with Gasteiger partial charge in [0.1, 0.15) is 0 Å². The molecular weight excluding hydrogens is 246 g/mol. The summed E-state index contributed by atoms with van der Waals surface area (Å²) < 4.78 is 0. The number of hydrogen-bond acceptors (Lipinski definition) is 3. The molecule has 0 bridgehead atoms. The molecule has 1 aliphatic carbocycles. The van der Waals surface area contributed by atoms with E-state index >= 15 is 0 Å². The number of aryl methyl sites for hydroxylation is 1. The topological polar surface area (TPSA) is 28.2 Å². The monoisotopic (exact) mass is 273 g/mol. The summed E-state index contributed by atoms with van der Waals surface area (Å²) >= 11 is 0. The molecule has 2 heterocycles. The summed E-state index contributed by atoms with van der Waals surface area (Å²) in [6, 6.07) is 2.93. The predicted octanol–water partition coefficient (Wildman–Crippen LogP) is 2.89. The highest BCUT2D eigenvalue weighted by molar-refractivity contribution is 5.17. The van der Waals surface area contributed by atoms with E-state index in [1.54, 1.807) is 0 Å². The second-order valence-corrected chi connectivity index (χ2v) is 6.83. The Balaban J connectivity index is 1.75. The van der Waals surface area contributed by atoms with Gasteiger partial charge in [-0.1, -0.05) is 18.9 Å². The van der Waals surface area contributed by atoms with Gasteiger partial charge < -0.3 is 5.32 Å². The van der Waals surface area contributed by atoms with Crippen LogP contribution in [0.4, 0.5) is 0 Å². The Morgan fingerprint density at radius 1 is 1.35 bits per heavy atom. The third-order valence-electron chi connectivity index (χ3n) is 5.07. The van der Waals surface area contributed by atoms with Gasteiger partial charge in [-0.3, -0.25) is 9.88 Å². The van der Waals surface area contributed by atoms with Crippen LogP contribution in [0, 0.1) is 6.92 Å². The third kappa shape index (κ3) is 3.04. The van der Waals surface area contributed by atoms with Crippen molar-refractivity contribution in [3.05, 3.63) is 29.6 Å². The first-order chi connectivity index (χ1) is 9.67. The number of aromatic nitrogens is 1. The van der Waals surface area contributed by atoms with E-state index in [-0.39, 0.29) is 0 Å². The van der Waals surface area contributed by atoms with Gasteiger partial charge in [0, 0.05) is 37.1 Å². The lowest BCUT2D eigenvalue weighted by molar-refractivity contribution is 0.160. The van der Waals surface area contributed by atoms with Crippen molar-refractivity contribution in [1.82, 2.24) is 15.2 Å². The van der Waals surface area contributed by atoms with Crippen molar-refractivity contribution in [2.24, 2.45) is 0 Å². The average molecular weight is 273 g/mol. The van der Waals surface area contributed by atoms with E-state index in [2.05, 4.69) is 35.1 Å². The van der Waals surface area contributed by atoms with Crippen LogP contribution in [0.5, 0.6) is 0 Å². The lowest BCUT2D eigenvalue weighted by Gasteiger charge is -2.35. The lowest BCUT2D eigenvalue weighted by Crippen LogP contribution is -2.49. The summed E-state index contributed by atoms with van der Waals surface area (Å²) in [5.41, 5.74) is 3.01. The summed E-state index contributed by atoms with van der Waals surface area (Å²) in [5.74, 6) is 0. The first-order valence-electron chi connectivity index (χ1n) is 8.07. The van der Waals surface area contributed by atoms with Crippen molar-refractivity contribution >= 4 is 0 Å². The second-order valence-electron chi connectivity index (χ2n) is 6.83. The maximum absolute atomic E-state index is 4.34. The third-order valence-corrected chi connectivity index (χ3v) is 5.07. The van der Waals surface area contributed by atoms with Gasteiger partial charge in [0.2, 0.25) is 0 Å². The van der Waals surface area contributed by atoms with Gasteiger partial charge in [-0.05, 0) is 50.8 Å². The molecule has 2 fully saturated rings. The maximum atomic E-state index is 4.34. The van der Waals surface area contributed by atoms with E-state index in [1.165, 1.54) is 56.3 Å². The van der Waals surface area contributed by atoms with Gasteiger partial charge >= 0.3 is 0 Å². The van der Waals surface area contributed by atoms with Crippen LogP contribution in [-0.2, 0) is 6.54 Å². The number of pyridine rings is 1. The number of hydrogen-bond donors (Lipinski definition) is 1. The molecule has 3 heteroatoms. The Morgan fingerprint density at radius 3 is 2.90 bits per heavy atom. The minimum absolute atomic E-state index is 0.391. The minimum atomic E-state index is 0.391. The van der Waals surface area contributed by atoms with Gasteiger partial charge in [-0.2, -0.15) is 0 Å². The molecule has 1 saturated carbocycles. The first-order valence-corrected chi connectivity index (χ1v) is 8.07. The Labute approximate surface area is 122 Å². The molecule has 1 atom stereocenters. The first kappa shape index (κ1) is 14.0. The molecule has 1 spiro atoms. The van der Waals surface area contributed by atoms with Crippen molar-refractivity contribution in [3.8, 4) is 0 Å². The molecule has 1 N–H and O–H groups in total. The normalized spacial score (nSPS) is 26.8. The van der Waals surface area contributed by atoms with Crippen LogP contribution < -0.4 is 5.32 Å². The molecule has 110 valence electrons. The van der Waals surface area contributed by atoms with Gasteiger partial charge in [0.15, 0.2) is 0 Å². The van der Waals surface area contributed by atoms with Crippen LogP contribution in [0.1, 0.15) is 50.2 Å². The fraction of sp³-hybridized carbons (Fsp3) is 0.706. The van der Waals surface area contributed by atoms with Crippen molar-refractivity contribution in [2.45, 2.75) is 64.1 Å². The van der Waals surface area contributed by atoms with E-state index in [4.69, 9.17) is 0 Å². The smallest absolute Gasteiger partial charge is 0.0313 e.